The number of fused-ring (bicyclic) bond motifs is 1. The van der Waals surface area contributed by atoms with E-state index in [4.69, 9.17) is 9.47 Å². The zero-order valence-electron chi connectivity index (χ0n) is 13.7. The molecule has 0 radical (unpaired) electrons. The van der Waals surface area contributed by atoms with E-state index in [1.807, 2.05) is 19.1 Å². The van der Waals surface area contributed by atoms with Crippen LogP contribution in [0, 0.1) is 0 Å². The van der Waals surface area contributed by atoms with Gasteiger partial charge in [0, 0.05) is 0 Å². The van der Waals surface area contributed by atoms with Gasteiger partial charge in [0.1, 0.15) is 5.75 Å². The molecular formula is C19H17NO5. The van der Waals surface area contributed by atoms with Crippen LogP contribution in [0.15, 0.2) is 48.5 Å². The summed E-state index contributed by atoms with van der Waals surface area (Å²) in [5.41, 5.74) is 1.80. The SMILES string of the molecule is CCc1ccc(OCC(=O)OCN2C(=O)c3ccccc3C2=O)cc1. The van der Waals surface area contributed by atoms with Crippen molar-refractivity contribution < 1.29 is 23.9 Å². The van der Waals surface area contributed by atoms with Crippen LogP contribution in [0.3, 0.4) is 0 Å². The highest BCUT2D eigenvalue weighted by atomic mass is 16.6. The number of benzene rings is 2. The van der Waals surface area contributed by atoms with E-state index < -0.39 is 24.5 Å². The van der Waals surface area contributed by atoms with E-state index in [0.29, 0.717) is 16.9 Å². The third-order valence-corrected chi connectivity index (χ3v) is 3.92. The minimum atomic E-state index is -0.656. The highest BCUT2D eigenvalue weighted by molar-refractivity contribution is 6.21. The van der Waals surface area contributed by atoms with Crippen LogP contribution in [0.5, 0.6) is 5.75 Å². The molecule has 0 saturated heterocycles. The number of nitrogens with zero attached hydrogens (tertiary/aromatic N) is 1. The van der Waals surface area contributed by atoms with Gasteiger partial charge in [-0.3, -0.25) is 9.59 Å². The molecule has 3 rings (SSSR count). The number of ether oxygens (including phenoxy) is 2. The fraction of sp³-hybridized carbons (Fsp3) is 0.211. The number of carbonyl (C=O) groups is 3. The van der Waals surface area contributed by atoms with Crippen LogP contribution in [-0.2, 0) is 16.0 Å². The fourth-order valence-corrected chi connectivity index (χ4v) is 2.50. The average molecular weight is 339 g/mol. The van der Waals surface area contributed by atoms with Gasteiger partial charge in [-0.15, -0.1) is 0 Å². The quantitative estimate of drug-likeness (QED) is 0.597. The molecule has 0 N–H and O–H groups in total. The Labute approximate surface area is 145 Å². The first-order chi connectivity index (χ1) is 12.1. The van der Waals surface area contributed by atoms with Crippen molar-refractivity contribution in [1.29, 1.82) is 0 Å². The van der Waals surface area contributed by atoms with Gasteiger partial charge in [0.05, 0.1) is 11.1 Å². The smallest absolute Gasteiger partial charge is 0.345 e. The van der Waals surface area contributed by atoms with Gasteiger partial charge >= 0.3 is 5.97 Å². The first kappa shape index (κ1) is 16.7. The van der Waals surface area contributed by atoms with Crippen LogP contribution in [-0.4, -0.2) is 36.0 Å². The van der Waals surface area contributed by atoms with Crippen LogP contribution in [0.25, 0.3) is 0 Å². The summed E-state index contributed by atoms with van der Waals surface area (Å²) in [6.07, 6.45) is 0.919. The standard InChI is InChI=1S/C19H17NO5/c1-2-13-7-9-14(10-8-13)24-11-17(21)25-12-20-18(22)15-5-3-4-6-16(15)19(20)23/h3-10H,2,11-12H2,1H3. The summed E-state index contributed by atoms with van der Waals surface area (Å²) in [5.74, 6) is -1.04. The number of carbonyl (C=O) groups excluding carboxylic acids is 3. The Hall–Kier alpha value is -3.15. The van der Waals surface area contributed by atoms with E-state index >= 15 is 0 Å². The van der Waals surface area contributed by atoms with Crippen LogP contribution in [0.2, 0.25) is 0 Å². The zero-order valence-corrected chi connectivity index (χ0v) is 13.7. The largest absolute Gasteiger partial charge is 0.482 e. The second kappa shape index (κ2) is 7.17. The molecule has 128 valence electrons. The Morgan fingerprint density at radius 2 is 1.56 bits per heavy atom. The molecule has 2 aromatic rings. The van der Waals surface area contributed by atoms with E-state index in [9.17, 15) is 14.4 Å². The lowest BCUT2D eigenvalue weighted by Gasteiger charge is -2.14. The molecule has 0 aromatic heterocycles. The minimum Gasteiger partial charge on any atom is -0.482 e. The maximum absolute atomic E-state index is 12.1. The molecule has 0 bridgehead atoms. The summed E-state index contributed by atoms with van der Waals surface area (Å²) in [5, 5.41) is 0. The van der Waals surface area contributed by atoms with E-state index in [2.05, 4.69) is 0 Å². The molecule has 1 heterocycles. The summed E-state index contributed by atoms with van der Waals surface area (Å²) in [4.78, 5) is 37.0. The summed E-state index contributed by atoms with van der Waals surface area (Å²) in [7, 11) is 0. The van der Waals surface area contributed by atoms with Gasteiger partial charge in [0.15, 0.2) is 13.3 Å². The molecule has 2 aromatic carbocycles. The molecule has 0 atom stereocenters. The molecule has 1 aliphatic heterocycles. The molecule has 0 fully saturated rings. The van der Waals surface area contributed by atoms with Gasteiger partial charge in [0.2, 0.25) is 0 Å². The van der Waals surface area contributed by atoms with Crippen molar-refractivity contribution >= 4 is 17.8 Å². The lowest BCUT2D eigenvalue weighted by Crippen LogP contribution is -2.34. The molecule has 25 heavy (non-hydrogen) atoms. The molecule has 6 nitrogen and oxygen atoms in total. The van der Waals surface area contributed by atoms with E-state index in [-0.39, 0.29) is 6.61 Å². The van der Waals surface area contributed by atoms with Crippen LogP contribution in [0.4, 0.5) is 0 Å². The Morgan fingerprint density at radius 1 is 0.960 bits per heavy atom. The second-order valence-corrected chi connectivity index (χ2v) is 5.52. The molecule has 0 spiro atoms. The number of esters is 1. The molecule has 0 saturated carbocycles. The van der Waals surface area contributed by atoms with Crippen molar-refractivity contribution in [3.8, 4) is 5.75 Å². The lowest BCUT2D eigenvalue weighted by molar-refractivity contribution is -0.148. The summed E-state index contributed by atoms with van der Waals surface area (Å²) in [6, 6.07) is 13.9. The predicted molar refractivity (Wildman–Crippen MR) is 89.2 cm³/mol. The Kier molecular flexibility index (Phi) is 4.79. The van der Waals surface area contributed by atoms with Crippen molar-refractivity contribution in [1.82, 2.24) is 4.90 Å². The highest BCUT2D eigenvalue weighted by Gasteiger charge is 2.35. The minimum absolute atomic E-state index is 0.297. The molecule has 2 amide bonds. The second-order valence-electron chi connectivity index (χ2n) is 5.52. The number of aryl methyl sites for hydroxylation is 1. The summed E-state index contributed by atoms with van der Waals surface area (Å²) >= 11 is 0. The van der Waals surface area contributed by atoms with Crippen LogP contribution < -0.4 is 4.74 Å². The number of hydrogen-bond donors (Lipinski definition) is 0. The van der Waals surface area contributed by atoms with E-state index in [0.717, 1.165) is 11.3 Å². The molecule has 1 aliphatic rings. The van der Waals surface area contributed by atoms with Gasteiger partial charge in [-0.1, -0.05) is 31.2 Å². The normalized spacial score (nSPS) is 12.9. The van der Waals surface area contributed by atoms with Crippen molar-refractivity contribution in [3.63, 3.8) is 0 Å². The van der Waals surface area contributed by atoms with Crippen molar-refractivity contribution in [2.45, 2.75) is 13.3 Å². The number of imide groups is 1. The van der Waals surface area contributed by atoms with Crippen LogP contribution >= 0.6 is 0 Å². The molecule has 0 unspecified atom stereocenters. The Balaban J connectivity index is 1.51. The van der Waals surface area contributed by atoms with Crippen molar-refractivity contribution in [2.24, 2.45) is 0 Å². The number of amides is 2. The number of hydrogen-bond acceptors (Lipinski definition) is 5. The maximum atomic E-state index is 12.1. The fourth-order valence-electron chi connectivity index (χ4n) is 2.50. The highest BCUT2D eigenvalue weighted by Crippen LogP contribution is 2.22. The van der Waals surface area contributed by atoms with E-state index in [1.165, 1.54) is 5.56 Å². The van der Waals surface area contributed by atoms with E-state index in [1.54, 1.807) is 36.4 Å². The third-order valence-electron chi connectivity index (χ3n) is 3.92. The Morgan fingerprint density at radius 3 is 2.12 bits per heavy atom. The van der Waals surface area contributed by atoms with Gasteiger partial charge < -0.3 is 9.47 Å². The maximum Gasteiger partial charge on any atom is 0.345 e. The first-order valence-electron chi connectivity index (χ1n) is 7.92. The van der Waals surface area contributed by atoms with Gasteiger partial charge in [0.25, 0.3) is 11.8 Å². The first-order valence-corrected chi connectivity index (χ1v) is 7.92. The summed E-state index contributed by atoms with van der Waals surface area (Å²) in [6.45, 7) is 1.32. The zero-order chi connectivity index (χ0) is 17.8. The molecule has 0 aliphatic carbocycles. The monoisotopic (exact) mass is 339 g/mol. The van der Waals surface area contributed by atoms with Gasteiger partial charge in [-0.25, -0.2) is 9.69 Å². The average Bonchev–Trinajstić information content (AvgIpc) is 2.89. The Bertz CT molecular complexity index is 778. The number of rotatable bonds is 6. The van der Waals surface area contributed by atoms with Crippen molar-refractivity contribution in [2.75, 3.05) is 13.3 Å². The predicted octanol–water partition coefficient (Wildman–Crippen LogP) is 2.42. The summed E-state index contributed by atoms with van der Waals surface area (Å²) < 4.78 is 10.3. The lowest BCUT2D eigenvalue weighted by atomic mass is 10.1. The van der Waals surface area contributed by atoms with Gasteiger partial charge in [-0.05, 0) is 36.2 Å². The van der Waals surface area contributed by atoms with Gasteiger partial charge in [-0.2, -0.15) is 0 Å². The third kappa shape index (κ3) is 3.52. The molecular weight excluding hydrogens is 322 g/mol. The topological polar surface area (TPSA) is 72.9 Å². The molecule has 6 heteroatoms. The van der Waals surface area contributed by atoms with Crippen molar-refractivity contribution in [3.05, 3.63) is 65.2 Å². The van der Waals surface area contributed by atoms with Crippen LogP contribution in [0.1, 0.15) is 33.2 Å².